The van der Waals surface area contributed by atoms with Crippen LogP contribution in [0.25, 0.3) is 0 Å². The lowest BCUT2D eigenvalue weighted by Gasteiger charge is -2.29. The van der Waals surface area contributed by atoms with Gasteiger partial charge in [-0.1, -0.05) is 10.3 Å². The highest BCUT2D eigenvalue weighted by atomic mass is 16.6. The fraction of sp³-hybridized carbons (Fsp3) is 0.846. The highest BCUT2D eigenvalue weighted by Crippen LogP contribution is 2.30. The van der Waals surface area contributed by atoms with Gasteiger partial charge in [0.1, 0.15) is 11.4 Å². The van der Waals surface area contributed by atoms with Gasteiger partial charge in [0.25, 0.3) is 0 Å². The van der Waals surface area contributed by atoms with Crippen LogP contribution in [0.1, 0.15) is 37.1 Å². The van der Waals surface area contributed by atoms with Crippen molar-refractivity contribution in [2.45, 2.75) is 45.2 Å². The zero-order valence-corrected chi connectivity index (χ0v) is 11.1. The van der Waals surface area contributed by atoms with E-state index < -0.39 is 0 Å². The summed E-state index contributed by atoms with van der Waals surface area (Å²) in [7, 11) is 0. The van der Waals surface area contributed by atoms with E-state index in [1.807, 2.05) is 6.92 Å². The first-order chi connectivity index (χ1) is 8.83. The minimum Gasteiger partial charge on any atom is -0.316 e. The Bertz CT molecular complexity index is 382. The van der Waals surface area contributed by atoms with E-state index in [0.717, 1.165) is 29.9 Å². The molecule has 1 saturated heterocycles. The standard InChI is InChI=1S/C13H22N4O/c1-10-13(16-18-15-10)9-17(12-4-5-12)8-11-3-2-6-14-7-11/h11-12,14H,2-9H2,1H3. The molecule has 2 heterocycles. The van der Waals surface area contributed by atoms with Gasteiger partial charge in [0.15, 0.2) is 0 Å². The molecule has 1 N–H and O–H groups in total. The monoisotopic (exact) mass is 250 g/mol. The molecule has 3 rings (SSSR count). The van der Waals surface area contributed by atoms with E-state index in [9.17, 15) is 0 Å². The van der Waals surface area contributed by atoms with E-state index in [0.29, 0.717) is 0 Å². The molecule has 1 saturated carbocycles. The number of hydrogen-bond donors (Lipinski definition) is 1. The number of aryl methyl sites for hydroxylation is 1. The van der Waals surface area contributed by atoms with E-state index in [4.69, 9.17) is 4.63 Å². The molecule has 100 valence electrons. The topological polar surface area (TPSA) is 54.2 Å². The second kappa shape index (κ2) is 5.36. The number of hydrogen-bond acceptors (Lipinski definition) is 5. The van der Waals surface area contributed by atoms with Gasteiger partial charge in [-0.25, -0.2) is 4.63 Å². The third-order valence-corrected chi connectivity index (χ3v) is 4.05. The van der Waals surface area contributed by atoms with Gasteiger partial charge in [0, 0.05) is 19.1 Å². The largest absolute Gasteiger partial charge is 0.316 e. The van der Waals surface area contributed by atoms with Gasteiger partial charge in [-0.05, 0) is 51.6 Å². The van der Waals surface area contributed by atoms with Crippen LogP contribution < -0.4 is 5.32 Å². The molecule has 2 aliphatic rings. The van der Waals surface area contributed by atoms with E-state index in [-0.39, 0.29) is 0 Å². The molecule has 1 aliphatic carbocycles. The fourth-order valence-corrected chi connectivity index (χ4v) is 2.78. The Morgan fingerprint density at radius 1 is 1.33 bits per heavy atom. The highest BCUT2D eigenvalue weighted by molar-refractivity contribution is 5.05. The quantitative estimate of drug-likeness (QED) is 0.854. The summed E-state index contributed by atoms with van der Waals surface area (Å²) in [5.74, 6) is 0.791. The minimum atomic E-state index is 0.767. The van der Waals surface area contributed by atoms with Crippen LogP contribution in [0, 0.1) is 12.8 Å². The number of nitrogens with one attached hydrogen (secondary N) is 1. The van der Waals surface area contributed by atoms with Gasteiger partial charge < -0.3 is 5.32 Å². The second-order valence-corrected chi connectivity index (χ2v) is 5.67. The lowest BCUT2D eigenvalue weighted by molar-refractivity contribution is 0.187. The van der Waals surface area contributed by atoms with Crippen molar-refractivity contribution < 1.29 is 4.63 Å². The molecule has 1 aromatic rings. The van der Waals surface area contributed by atoms with Crippen LogP contribution in [0.4, 0.5) is 0 Å². The van der Waals surface area contributed by atoms with Crippen LogP contribution in [0.5, 0.6) is 0 Å². The molecule has 18 heavy (non-hydrogen) atoms. The Balaban J connectivity index is 1.59. The molecular weight excluding hydrogens is 228 g/mol. The Morgan fingerprint density at radius 2 is 2.22 bits per heavy atom. The number of nitrogens with zero attached hydrogens (tertiary/aromatic N) is 3. The Hall–Kier alpha value is -0.940. The minimum absolute atomic E-state index is 0.767. The Labute approximate surface area is 108 Å². The van der Waals surface area contributed by atoms with Crippen molar-refractivity contribution in [3.63, 3.8) is 0 Å². The molecule has 0 amide bonds. The van der Waals surface area contributed by atoms with Crippen molar-refractivity contribution in [3.05, 3.63) is 11.4 Å². The lowest BCUT2D eigenvalue weighted by atomic mass is 9.99. The summed E-state index contributed by atoms with van der Waals surface area (Å²) in [6, 6.07) is 0.767. The summed E-state index contributed by atoms with van der Waals surface area (Å²) >= 11 is 0. The maximum atomic E-state index is 4.80. The molecule has 0 radical (unpaired) electrons. The summed E-state index contributed by atoms with van der Waals surface area (Å²) in [6.45, 7) is 6.41. The third-order valence-electron chi connectivity index (χ3n) is 4.05. The van der Waals surface area contributed by atoms with Crippen molar-refractivity contribution in [2.24, 2.45) is 5.92 Å². The van der Waals surface area contributed by atoms with Crippen molar-refractivity contribution in [3.8, 4) is 0 Å². The van der Waals surface area contributed by atoms with E-state index in [1.54, 1.807) is 0 Å². The molecule has 0 aromatic carbocycles. The lowest BCUT2D eigenvalue weighted by Crippen LogP contribution is -2.39. The molecule has 0 spiro atoms. The summed E-state index contributed by atoms with van der Waals surface area (Å²) in [5, 5.41) is 11.4. The summed E-state index contributed by atoms with van der Waals surface area (Å²) < 4.78 is 4.80. The van der Waals surface area contributed by atoms with E-state index in [1.165, 1.54) is 45.3 Å². The molecule has 1 aromatic heterocycles. The van der Waals surface area contributed by atoms with Crippen molar-refractivity contribution in [2.75, 3.05) is 19.6 Å². The molecule has 1 atom stereocenters. The maximum absolute atomic E-state index is 4.80. The maximum Gasteiger partial charge on any atom is 0.122 e. The molecule has 5 nitrogen and oxygen atoms in total. The van der Waals surface area contributed by atoms with Crippen LogP contribution in [0.15, 0.2) is 4.63 Å². The normalized spacial score (nSPS) is 24.7. The van der Waals surface area contributed by atoms with Crippen LogP contribution in [-0.4, -0.2) is 40.9 Å². The zero-order chi connectivity index (χ0) is 12.4. The van der Waals surface area contributed by atoms with Gasteiger partial charge >= 0.3 is 0 Å². The molecule has 5 heteroatoms. The second-order valence-electron chi connectivity index (χ2n) is 5.67. The van der Waals surface area contributed by atoms with Crippen molar-refractivity contribution in [1.29, 1.82) is 0 Å². The Morgan fingerprint density at radius 3 is 2.83 bits per heavy atom. The van der Waals surface area contributed by atoms with Gasteiger partial charge in [-0.3, -0.25) is 4.90 Å². The third kappa shape index (κ3) is 2.90. The molecule has 2 fully saturated rings. The first-order valence-electron chi connectivity index (χ1n) is 7.05. The smallest absolute Gasteiger partial charge is 0.122 e. The van der Waals surface area contributed by atoms with E-state index in [2.05, 4.69) is 20.5 Å². The molecule has 1 unspecified atom stereocenters. The van der Waals surface area contributed by atoms with Gasteiger partial charge in [0.2, 0.25) is 0 Å². The van der Waals surface area contributed by atoms with Crippen molar-refractivity contribution in [1.82, 2.24) is 20.5 Å². The zero-order valence-electron chi connectivity index (χ0n) is 11.1. The van der Waals surface area contributed by atoms with Crippen LogP contribution in [0.2, 0.25) is 0 Å². The summed E-state index contributed by atoms with van der Waals surface area (Å²) in [5.41, 5.74) is 1.94. The summed E-state index contributed by atoms with van der Waals surface area (Å²) in [6.07, 6.45) is 5.34. The molecule has 0 bridgehead atoms. The predicted octanol–water partition coefficient (Wildman–Crippen LogP) is 1.34. The SMILES string of the molecule is Cc1nonc1CN(CC1CCCNC1)C1CC1. The number of piperidine rings is 1. The Kier molecular flexibility index (Phi) is 3.61. The average molecular weight is 250 g/mol. The average Bonchev–Trinajstić information content (AvgIpc) is 3.16. The predicted molar refractivity (Wildman–Crippen MR) is 68.1 cm³/mol. The first kappa shape index (κ1) is 12.1. The van der Waals surface area contributed by atoms with Crippen LogP contribution in [-0.2, 0) is 6.54 Å². The van der Waals surface area contributed by atoms with Gasteiger partial charge in [-0.15, -0.1) is 0 Å². The summed E-state index contributed by atoms with van der Waals surface area (Å²) in [4.78, 5) is 2.57. The fourth-order valence-electron chi connectivity index (χ4n) is 2.78. The van der Waals surface area contributed by atoms with Crippen LogP contribution in [0.3, 0.4) is 0 Å². The highest BCUT2D eigenvalue weighted by Gasteiger charge is 2.31. The number of rotatable bonds is 5. The van der Waals surface area contributed by atoms with Crippen LogP contribution >= 0.6 is 0 Å². The van der Waals surface area contributed by atoms with E-state index >= 15 is 0 Å². The number of aromatic nitrogens is 2. The van der Waals surface area contributed by atoms with Crippen molar-refractivity contribution >= 4 is 0 Å². The van der Waals surface area contributed by atoms with Gasteiger partial charge in [0.05, 0.1) is 0 Å². The van der Waals surface area contributed by atoms with Gasteiger partial charge in [-0.2, -0.15) is 0 Å². The molecule has 1 aliphatic heterocycles. The first-order valence-corrected chi connectivity index (χ1v) is 7.05. The molecular formula is C13H22N4O.